The van der Waals surface area contributed by atoms with E-state index in [9.17, 15) is 9.18 Å². The van der Waals surface area contributed by atoms with Crippen LogP contribution in [-0.4, -0.2) is 47.7 Å². The van der Waals surface area contributed by atoms with Gasteiger partial charge in [0.1, 0.15) is 11.4 Å². The Hall–Kier alpha value is -2.31. The van der Waals surface area contributed by atoms with E-state index in [1.54, 1.807) is 36.7 Å². The van der Waals surface area contributed by atoms with Crippen LogP contribution in [-0.2, 0) is 16.1 Å². The smallest absolute Gasteiger partial charge is 0.255 e. The fraction of sp³-hybridized carbons (Fsp3) is 0.429. The van der Waals surface area contributed by atoms with Gasteiger partial charge in [-0.1, -0.05) is 18.2 Å². The first-order valence-corrected chi connectivity index (χ1v) is 9.30. The molecule has 3 heterocycles. The van der Waals surface area contributed by atoms with Gasteiger partial charge in [0.25, 0.3) is 5.91 Å². The van der Waals surface area contributed by atoms with Gasteiger partial charge in [-0.3, -0.25) is 9.78 Å². The van der Waals surface area contributed by atoms with E-state index in [1.165, 1.54) is 6.07 Å². The molecular formula is C21H23FN2O3. The molecule has 2 aliphatic heterocycles. The molecule has 0 saturated carbocycles. The normalized spacial score (nSPS) is 20.6. The van der Waals surface area contributed by atoms with Crippen molar-refractivity contribution in [3.63, 3.8) is 0 Å². The van der Waals surface area contributed by atoms with E-state index in [4.69, 9.17) is 9.47 Å². The lowest BCUT2D eigenvalue weighted by molar-refractivity contribution is -0.0950. The quantitative estimate of drug-likeness (QED) is 0.734. The maximum Gasteiger partial charge on any atom is 0.255 e. The van der Waals surface area contributed by atoms with Crippen LogP contribution in [0.4, 0.5) is 4.39 Å². The highest BCUT2D eigenvalue weighted by molar-refractivity contribution is 5.94. The molecule has 0 radical (unpaired) electrons. The minimum Gasteiger partial charge on any atom is -0.377 e. The van der Waals surface area contributed by atoms with E-state index < -0.39 is 0 Å². The molecule has 0 N–H and O–H groups in total. The maximum absolute atomic E-state index is 13.6. The first kappa shape index (κ1) is 18.1. The Balaban J connectivity index is 1.19. The van der Waals surface area contributed by atoms with Gasteiger partial charge in [-0.15, -0.1) is 0 Å². The van der Waals surface area contributed by atoms with Crippen molar-refractivity contribution in [2.75, 3.05) is 26.3 Å². The first-order chi connectivity index (χ1) is 13.2. The third-order valence-electron chi connectivity index (χ3n) is 5.33. The average Bonchev–Trinajstić information content (AvgIpc) is 3.10. The van der Waals surface area contributed by atoms with Crippen LogP contribution in [0.3, 0.4) is 0 Å². The van der Waals surface area contributed by atoms with Crippen molar-refractivity contribution in [1.29, 1.82) is 0 Å². The molecule has 1 spiro atoms. The second-order valence-corrected chi connectivity index (χ2v) is 7.40. The van der Waals surface area contributed by atoms with Crippen LogP contribution in [0.25, 0.3) is 0 Å². The van der Waals surface area contributed by atoms with Crippen LogP contribution in [0.5, 0.6) is 0 Å². The summed E-state index contributed by atoms with van der Waals surface area (Å²) >= 11 is 0. The monoisotopic (exact) mass is 370 g/mol. The summed E-state index contributed by atoms with van der Waals surface area (Å²) in [6.45, 7) is 2.83. The third kappa shape index (κ3) is 4.01. The highest BCUT2D eigenvalue weighted by atomic mass is 19.1. The van der Waals surface area contributed by atoms with Crippen LogP contribution in [0.1, 0.15) is 28.8 Å². The van der Waals surface area contributed by atoms with E-state index in [1.807, 2.05) is 11.0 Å². The fourth-order valence-corrected chi connectivity index (χ4v) is 3.86. The van der Waals surface area contributed by atoms with Crippen molar-refractivity contribution in [2.24, 2.45) is 5.92 Å². The van der Waals surface area contributed by atoms with Crippen molar-refractivity contribution in [3.8, 4) is 0 Å². The SMILES string of the molecule is O=C(c1cccnc1)N1CC2(CC(CCOCc3ccccc3F)CO2)C1. The molecule has 5 nitrogen and oxygen atoms in total. The summed E-state index contributed by atoms with van der Waals surface area (Å²) in [4.78, 5) is 18.2. The van der Waals surface area contributed by atoms with Crippen molar-refractivity contribution >= 4 is 5.91 Å². The first-order valence-electron chi connectivity index (χ1n) is 9.30. The van der Waals surface area contributed by atoms with E-state index in [-0.39, 0.29) is 17.3 Å². The number of pyridine rings is 1. The van der Waals surface area contributed by atoms with Gasteiger partial charge in [-0.25, -0.2) is 4.39 Å². The zero-order valence-electron chi connectivity index (χ0n) is 15.1. The van der Waals surface area contributed by atoms with E-state index >= 15 is 0 Å². The van der Waals surface area contributed by atoms with Crippen molar-refractivity contribution in [3.05, 3.63) is 65.7 Å². The molecule has 4 rings (SSSR count). The summed E-state index contributed by atoms with van der Waals surface area (Å²) in [5, 5.41) is 0. The van der Waals surface area contributed by atoms with Gasteiger partial charge < -0.3 is 14.4 Å². The molecule has 6 heteroatoms. The lowest BCUT2D eigenvalue weighted by atomic mass is 9.85. The summed E-state index contributed by atoms with van der Waals surface area (Å²) in [5.74, 6) is 0.198. The lowest BCUT2D eigenvalue weighted by Gasteiger charge is -2.47. The molecule has 0 bridgehead atoms. The minimum atomic E-state index is -0.228. The van der Waals surface area contributed by atoms with Crippen LogP contribution in [0.15, 0.2) is 48.8 Å². The molecule has 27 heavy (non-hydrogen) atoms. The molecule has 142 valence electrons. The second kappa shape index (κ2) is 7.74. The Morgan fingerprint density at radius 2 is 2.15 bits per heavy atom. The number of aromatic nitrogens is 1. The van der Waals surface area contributed by atoms with Gasteiger partial charge in [0, 0.05) is 24.6 Å². The fourth-order valence-electron chi connectivity index (χ4n) is 3.86. The molecule has 2 saturated heterocycles. The molecule has 1 atom stereocenters. The van der Waals surface area contributed by atoms with Gasteiger partial charge in [0.15, 0.2) is 0 Å². The molecule has 2 aromatic rings. The Kier molecular flexibility index (Phi) is 5.18. The number of carbonyl (C=O) groups excluding carboxylic acids is 1. The zero-order valence-corrected chi connectivity index (χ0v) is 15.1. The number of hydrogen-bond acceptors (Lipinski definition) is 4. The predicted octanol–water partition coefficient (Wildman–Crippen LogP) is 3.06. The third-order valence-corrected chi connectivity index (χ3v) is 5.33. The maximum atomic E-state index is 13.6. The van der Waals surface area contributed by atoms with Crippen molar-refractivity contribution < 1.29 is 18.7 Å². The van der Waals surface area contributed by atoms with Gasteiger partial charge in [-0.05, 0) is 37.0 Å². The number of halogens is 1. The van der Waals surface area contributed by atoms with Crippen LogP contribution in [0, 0.1) is 11.7 Å². The molecule has 1 aromatic heterocycles. The summed E-state index contributed by atoms with van der Waals surface area (Å²) < 4.78 is 25.2. The number of rotatable bonds is 6. The molecule has 1 amide bonds. The Morgan fingerprint density at radius 3 is 2.93 bits per heavy atom. The molecule has 1 unspecified atom stereocenters. The number of likely N-dealkylation sites (tertiary alicyclic amines) is 1. The topological polar surface area (TPSA) is 51.7 Å². The standard InChI is InChI=1S/C21H23FN2O3/c22-19-6-2-1-4-18(19)13-26-9-7-16-10-21(27-12-16)14-24(15-21)20(25)17-5-3-8-23-11-17/h1-6,8,11,16H,7,9-10,12-15H2. The van der Waals surface area contributed by atoms with Gasteiger partial charge in [0.2, 0.25) is 0 Å². The van der Waals surface area contributed by atoms with E-state index in [0.717, 1.165) is 12.8 Å². The van der Waals surface area contributed by atoms with E-state index in [2.05, 4.69) is 4.98 Å². The minimum absolute atomic E-state index is 0.00833. The van der Waals surface area contributed by atoms with Gasteiger partial charge >= 0.3 is 0 Å². The summed E-state index contributed by atoms with van der Waals surface area (Å²) in [6, 6.07) is 10.2. The molecule has 1 aromatic carbocycles. The summed E-state index contributed by atoms with van der Waals surface area (Å²) in [5.41, 5.74) is 0.997. The van der Waals surface area contributed by atoms with Crippen LogP contribution < -0.4 is 0 Å². The number of hydrogen-bond donors (Lipinski definition) is 0. The van der Waals surface area contributed by atoms with Crippen LogP contribution in [0.2, 0.25) is 0 Å². The zero-order chi connectivity index (χ0) is 18.7. The van der Waals surface area contributed by atoms with E-state index in [0.29, 0.717) is 50.0 Å². The average molecular weight is 370 g/mol. The second-order valence-electron chi connectivity index (χ2n) is 7.40. The molecular weight excluding hydrogens is 347 g/mol. The number of ether oxygens (including phenoxy) is 2. The lowest BCUT2D eigenvalue weighted by Crippen LogP contribution is -2.63. The van der Waals surface area contributed by atoms with Gasteiger partial charge in [-0.2, -0.15) is 0 Å². The predicted molar refractivity (Wildman–Crippen MR) is 97.6 cm³/mol. The van der Waals surface area contributed by atoms with Crippen molar-refractivity contribution in [1.82, 2.24) is 9.88 Å². The molecule has 0 aliphatic carbocycles. The van der Waals surface area contributed by atoms with Crippen LogP contribution >= 0.6 is 0 Å². The number of carbonyl (C=O) groups is 1. The Bertz CT molecular complexity index is 793. The highest BCUT2D eigenvalue weighted by Gasteiger charge is 2.51. The van der Waals surface area contributed by atoms with Crippen molar-refractivity contribution in [2.45, 2.75) is 25.0 Å². The number of nitrogens with zero attached hydrogens (tertiary/aromatic N) is 2. The molecule has 2 fully saturated rings. The molecule has 2 aliphatic rings. The largest absolute Gasteiger partial charge is 0.377 e. The Morgan fingerprint density at radius 1 is 1.30 bits per heavy atom. The summed E-state index contributed by atoms with van der Waals surface area (Å²) in [7, 11) is 0. The summed E-state index contributed by atoms with van der Waals surface area (Å²) in [6.07, 6.45) is 5.07. The number of amides is 1. The number of benzene rings is 1. The highest BCUT2D eigenvalue weighted by Crippen LogP contribution is 2.39. The Labute approximate surface area is 158 Å². The van der Waals surface area contributed by atoms with Gasteiger partial charge in [0.05, 0.1) is 31.9 Å².